The van der Waals surface area contributed by atoms with Gasteiger partial charge in [0.15, 0.2) is 5.96 Å². The van der Waals surface area contributed by atoms with Gasteiger partial charge in [-0.1, -0.05) is 0 Å². The lowest BCUT2D eigenvalue weighted by molar-refractivity contribution is 0.179. The Morgan fingerprint density at radius 2 is 1.95 bits per heavy atom. The normalized spacial score (nSPS) is 14.0. The fourth-order valence-electron chi connectivity index (χ4n) is 1.60. The topological polar surface area (TPSA) is 68.9 Å². The second kappa shape index (κ2) is 10.6. The van der Waals surface area contributed by atoms with Crippen LogP contribution in [0.1, 0.15) is 13.8 Å². The van der Waals surface area contributed by atoms with Crippen LogP contribution in [0.4, 0.5) is 4.39 Å². The van der Waals surface area contributed by atoms with E-state index in [1.165, 1.54) is 12.1 Å². The van der Waals surface area contributed by atoms with Crippen LogP contribution < -0.4 is 15.8 Å². The van der Waals surface area contributed by atoms with Crippen molar-refractivity contribution >= 4 is 29.9 Å². The number of hydrogen-bond donors (Lipinski definition) is 2. The van der Waals surface area contributed by atoms with E-state index in [0.29, 0.717) is 24.9 Å². The summed E-state index contributed by atoms with van der Waals surface area (Å²) >= 11 is 0. The summed E-state index contributed by atoms with van der Waals surface area (Å²) in [6.07, 6.45) is -0.154. The minimum absolute atomic E-state index is 0. The lowest BCUT2D eigenvalue weighted by Gasteiger charge is -2.15. The van der Waals surface area contributed by atoms with Crippen molar-refractivity contribution in [1.82, 2.24) is 5.32 Å². The lowest BCUT2D eigenvalue weighted by Crippen LogP contribution is -2.41. The van der Waals surface area contributed by atoms with Crippen LogP contribution in [-0.4, -0.2) is 38.4 Å². The second-order valence-corrected chi connectivity index (χ2v) is 4.61. The van der Waals surface area contributed by atoms with Crippen molar-refractivity contribution < 1.29 is 13.9 Å². The number of halogens is 2. The Kier molecular flexibility index (Phi) is 10.1. The van der Waals surface area contributed by atoms with E-state index in [-0.39, 0.29) is 41.9 Å². The predicted molar refractivity (Wildman–Crippen MR) is 92.9 cm³/mol. The maximum Gasteiger partial charge on any atom is 0.189 e. The molecule has 0 fully saturated rings. The third-order valence-electron chi connectivity index (χ3n) is 2.48. The number of methoxy groups -OCH3 is 1. The van der Waals surface area contributed by atoms with Crippen LogP contribution in [-0.2, 0) is 4.74 Å². The summed E-state index contributed by atoms with van der Waals surface area (Å²) in [5.41, 5.74) is 5.74. The van der Waals surface area contributed by atoms with Crippen molar-refractivity contribution in [3.8, 4) is 5.75 Å². The molecule has 0 aliphatic rings. The van der Waals surface area contributed by atoms with Gasteiger partial charge >= 0.3 is 0 Å². The molecule has 0 bridgehead atoms. The third-order valence-corrected chi connectivity index (χ3v) is 2.48. The van der Waals surface area contributed by atoms with Gasteiger partial charge in [-0.15, -0.1) is 24.0 Å². The zero-order chi connectivity index (χ0) is 15.0. The molecular formula is C14H23FIN3O2. The van der Waals surface area contributed by atoms with Crippen molar-refractivity contribution in [3.63, 3.8) is 0 Å². The Bertz CT molecular complexity index is 429. The molecule has 0 aliphatic carbocycles. The number of nitrogens with one attached hydrogen (secondary N) is 1. The molecular weight excluding hydrogens is 388 g/mol. The predicted octanol–water partition coefficient (Wildman–Crippen LogP) is 2.15. The van der Waals surface area contributed by atoms with Gasteiger partial charge in [0.2, 0.25) is 0 Å². The van der Waals surface area contributed by atoms with Gasteiger partial charge < -0.3 is 20.5 Å². The molecule has 1 aromatic carbocycles. The Balaban J connectivity index is 0.00000400. The van der Waals surface area contributed by atoms with Gasteiger partial charge in [0.25, 0.3) is 0 Å². The molecule has 0 aromatic heterocycles. The molecule has 0 amide bonds. The van der Waals surface area contributed by atoms with E-state index in [9.17, 15) is 4.39 Å². The van der Waals surface area contributed by atoms with E-state index >= 15 is 0 Å². The highest BCUT2D eigenvalue weighted by Crippen LogP contribution is 2.12. The first-order chi connectivity index (χ1) is 9.51. The fraction of sp³-hybridized carbons (Fsp3) is 0.500. The maximum absolute atomic E-state index is 12.7. The number of nitrogens with two attached hydrogens (primary N) is 1. The Hall–Kier alpha value is -1.09. The standard InChI is InChI=1S/C14H22FN3O2.HI/c1-10(9-19-3)18-14(16)17-8-11(2)20-13-6-4-12(15)5-7-13;/h4-7,10-11H,8-9H2,1-3H3,(H3,16,17,18);1H. The molecule has 7 heteroatoms. The molecule has 120 valence electrons. The molecule has 0 saturated heterocycles. The smallest absolute Gasteiger partial charge is 0.189 e. The van der Waals surface area contributed by atoms with Gasteiger partial charge in [-0.25, -0.2) is 9.38 Å². The Morgan fingerprint density at radius 1 is 1.33 bits per heavy atom. The zero-order valence-corrected chi connectivity index (χ0v) is 14.8. The third kappa shape index (κ3) is 8.71. The molecule has 2 unspecified atom stereocenters. The summed E-state index contributed by atoms with van der Waals surface area (Å²) < 4.78 is 23.3. The summed E-state index contributed by atoms with van der Waals surface area (Å²) in [4.78, 5) is 4.19. The van der Waals surface area contributed by atoms with E-state index in [2.05, 4.69) is 10.3 Å². The SMILES string of the molecule is COCC(C)NC(N)=NCC(C)Oc1ccc(F)cc1.I. The number of aliphatic imine (C=N–C) groups is 1. The fourth-order valence-corrected chi connectivity index (χ4v) is 1.60. The average Bonchev–Trinajstić information content (AvgIpc) is 2.39. The van der Waals surface area contributed by atoms with Crippen molar-refractivity contribution in [2.45, 2.75) is 26.0 Å². The van der Waals surface area contributed by atoms with Crippen LogP contribution in [0.25, 0.3) is 0 Å². The van der Waals surface area contributed by atoms with E-state index in [0.717, 1.165) is 0 Å². The van der Waals surface area contributed by atoms with Gasteiger partial charge in [-0.05, 0) is 38.1 Å². The van der Waals surface area contributed by atoms with Gasteiger partial charge in [-0.2, -0.15) is 0 Å². The molecule has 21 heavy (non-hydrogen) atoms. The average molecular weight is 411 g/mol. The molecule has 0 aliphatic heterocycles. The van der Waals surface area contributed by atoms with Gasteiger partial charge in [0.1, 0.15) is 17.7 Å². The van der Waals surface area contributed by atoms with Crippen molar-refractivity contribution in [1.29, 1.82) is 0 Å². The molecule has 2 atom stereocenters. The highest BCUT2D eigenvalue weighted by Gasteiger charge is 2.05. The van der Waals surface area contributed by atoms with E-state index in [4.69, 9.17) is 15.2 Å². The minimum Gasteiger partial charge on any atom is -0.489 e. The number of guanidine groups is 1. The summed E-state index contributed by atoms with van der Waals surface area (Å²) in [5.74, 6) is 0.668. The quantitative estimate of drug-likeness (QED) is 0.410. The number of benzene rings is 1. The first kappa shape index (κ1) is 19.9. The van der Waals surface area contributed by atoms with Crippen LogP contribution in [0.3, 0.4) is 0 Å². The highest BCUT2D eigenvalue weighted by molar-refractivity contribution is 14.0. The van der Waals surface area contributed by atoms with Crippen LogP contribution >= 0.6 is 24.0 Å². The van der Waals surface area contributed by atoms with Crippen LogP contribution in [0.15, 0.2) is 29.3 Å². The monoisotopic (exact) mass is 411 g/mol. The van der Waals surface area contributed by atoms with Crippen LogP contribution in [0.5, 0.6) is 5.75 Å². The second-order valence-electron chi connectivity index (χ2n) is 4.61. The van der Waals surface area contributed by atoms with E-state index in [1.807, 2.05) is 13.8 Å². The van der Waals surface area contributed by atoms with Gasteiger partial charge in [0.05, 0.1) is 13.2 Å². The van der Waals surface area contributed by atoms with Crippen molar-refractivity contribution in [3.05, 3.63) is 30.1 Å². The molecule has 0 radical (unpaired) electrons. The molecule has 3 N–H and O–H groups in total. The van der Waals surface area contributed by atoms with Crippen molar-refractivity contribution in [2.75, 3.05) is 20.3 Å². The number of rotatable bonds is 7. The molecule has 1 rings (SSSR count). The minimum atomic E-state index is -0.288. The van der Waals surface area contributed by atoms with E-state index in [1.54, 1.807) is 19.2 Å². The lowest BCUT2D eigenvalue weighted by atomic mass is 10.3. The van der Waals surface area contributed by atoms with Gasteiger partial charge in [0, 0.05) is 13.2 Å². The molecule has 5 nitrogen and oxygen atoms in total. The van der Waals surface area contributed by atoms with Crippen molar-refractivity contribution in [2.24, 2.45) is 10.7 Å². The summed E-state index contributed by atoms with van der Waals surface area (Å²) in [7, 11) is 1.63. The maximum atomic E-state index is 12.7. The van der Waals surface area contributed by atoms with Crippen LogP contribution in [0.2, 0.25) is 0 Å². The molecule has 0 saturated carbocycles. The zero-order valence-electron chi connectivity index (χ0n) is 12.5. The molecule has 0 heterocycles. The number of ether oxygens (including phenoxy) is 2. The molecule has 0 spiro atoms. The van der Waals surface area contributed by atoms with Crippen LogP contribution in [0, 0.1) is 5.82 Å². The highest BCUT2D eigenvalue weighted by atomic mass is 127. The number of nitrogens with zero attached hydrogens (tertiary/aromatic N) is 1. The summed E-state index contributed by atoms with van der Waals surface area (Å²) in [6, 6.07) is 5.97. The summed E-state index contributed by atoms with van der Waals surface area (Å²) in [6.45, 7) is 4.79. The number of hydrogen-bond acceptors (Lipinski definition) is 3. The first-order valence-electron chi connectivity index (χ1n) is 6.49. The first-order valence-corrected chi connectivity index (χ1v) is 6.49. The Morgan fingerprint density at radius 3 is 2.52 bits per heavy atom. The summed E-state index contributed by atoms with van der Waals surface area (Å²) in [5, 5.41) is 3.01. The Labute approximate surface area is 142 Å². The van der Waals surface area contributed by atoms with E-state index < -0.39 is 0 Å². The largest absolute Gasteiger partial charge is 0.489 e. The molecule has 1 aromatic rings. The van der Waals surface area contributed by atoms with Gasteiger partial charge in [-0.3, -0.25) is 0 Å².